The molecule has 8 heteroatoms. The molecule has 0 saturated carbocycles. The first-order chi connectivity index (χ1) is 13.4. The number of anilines is 1. The summed E-state index contributed by atoms with van der Waals surface area (Å²) in [5.74, 6) is 0.715. The number of urea groups is 1. The molecule has 2 heterocycles. The summed E-state index contributed by atoms with van der Waals surface area (Å²) in [7, 11) is 0. The highest BCUT2D eigenvalue weighted by Gasteiger charge is 2.26. The molecule has 1 aliphatic heterocycles. The van der Waals surface area contributed by atoms with E-state index in [4.69, 9.17) is 0 Å². The molecule has 0 unspecified atom stereocenters. The lowest BCUT2D eigenvalue weighted by Gasteiger charge is -2.30. The van der Waals surface area contributed by atoms with Gasteiger partial charge in [0.25, 0.3) is 0 Å². The van der Waals surface area contributed by atoms with Crippen molar-refractivity contribution in [1.29, 1.82) is 0 Å². The van der Waals surface area contributed by atoms with Crippen LogP contribution in [0.5, 0.6) is 0 Å². The minimum atomic E-state index is -0.185. The van der Waals surface area contributed by atoms with E-state index in [1.807, 2.05) is 44.2 Å². The molecule has 0 aliphatic carbocycles. The predicted octanol–water partition coefficient (Wildman–Crippen LogP) is 3.79. The molecule has 3 rings (SSSR count). The number of carbonyl (C=O) groups excluding carboxylic acids is 2. The number of amides is 3. The van der Waals surface area contributed by atoms with Crippen LogP contribution in [0.25, 0.3) is 0 Å². The Morgan fingerprint density at radius 3 is 2.86 bits per heavy atom. The predicted molar refractivity (Wildman–Crippen MR) is 116 cm³/mol. The number of aromatic nitrogens is 1. The van der Waals surface area contributed by atoms with Crippen molar-refractivity contribution in [2.75, 3.05) is 23.7 Å². The number of aryl methyl sites for hydroxylation is 2. The molecule has 0 bridgehead atoms. The third kappa shape index (κ3) is 5.26. The molecule has 0 radical (unpaired) electrons. The van der Waals surface area contributed by atoms with Gasteiger partial charge in [-0.25, -0.2) is 9.78 Å². The molecule has 1 aromatic heterocycles. The minimum Gasteiger partial charge on any atom is -0.352 e. The fourth-order valence-corrected chi connectivity index (χ4v) is 4.62. The van der Waals surface area contributed by atoms with E-state index in [2.05, 4.69) is 31.5 Å². The van der Waals surface area contributed by atoms with Gasteiger partial charge in [0, 0.05) is 42.0 Å². The summed E-state index contributed by atoms with van der Waals surface area (Å²) < 4.78 is 0.978. The van der Waals surface area contributed by atoms with Crippen molar-refractivity contribution in [3.63, 3.8) is 0 Å². The minimum absolute atomic E-state index is 0.0941. The van der Waals surface area contributed by atoms with Crippen LogP contribution in [0.2, 0.25) is 0 Å². The van der Waals surface area contributed by atoms with E-state index < -0.39 is 0 Å². The van der Waals surface area contributed by atoms with E-state index in [0.717, 1.165) is 37.8 Å². The van der Waals surface area contributed by atoms with E-state index in [1.54, 1.807) is 16.7 Å². The van der Waals surface area contributed by atoms with Crippen LogP contribution < -0.4 is 15.5 Å². The second kappa shape index (κ2) is 9.43. The average molecular weight is 463 g/mol. The maximum absolute atomic E-state index is 12.6. The maximum atomic E-state index is 12.6. The number of carbonyl (C=O) groups is 2. The Bertz CT molecular complexity index is 891. The smallest absolute Gasteiger partial charge is 0.322 e. The van der Waals surface area contributed by atoms with E-state index in [0.29, 0.717) is 19.6 Å². The Morgan fingerprint density at radius 2 is 2.07 bits per heavy atom. The lowest BCUT2D eigenvalue weighted by atomic mass is 10.2. The number of halogens is 1. The van der Waals surface area contributed by atoms with Crippen LogP contribution in [0, 0.1) is 13.8 Å². The van der Waals surface area contributed by atoms with Crippen LogP contribution in [0.4, 0.5) is 10.5 Å². The Kier molecular flexibility index (Phi) is 6.96. The SMILES string of the molecule is Cc1cc(C)c2c(n1)SCCN2C(=O)NCCC(=O)NCc1cccc(Br)c1. The van der Waals surface area contributed by atoms with Crippen LogP contribution in [-0.2, 0) is 11.3 Å². The van der Waals surface area contributed by atoms with Gasteiger partial charge in [0.15, 0.2) is 0 Å². The van der Waals surface area contributed by atoms with Gasteiger partial charge in [-0.15, -0.1) is 11.8 Å². The Balaban J connectivity index is 1.49. The number of rotatable bonds is 5. The summed E-state index contributed by atoms with van der Waals surface area (Å²) in [5.41, 5.74) is 3.88. The first-order valence-corrected chi connectivity index (χ1v) is 10.9. The van der Waals surface area contributed by atoms with Gasteiger partial charge in [-0.05, 0) is 43.2 Å². The van der Waals surface area contributed by atoms with Crippen molar-refractivity contribution < 1.29 is 9.59 Å². The Labute approximate surface area is 177 Å². The average Bonchev–Trinajstić information content (AvgIpc) is 2.65. The van der Waals surface area contributed by atoms with Gasteiger partial charge in [-0.2, -0.15) is 0 Å². The third-order valence-corrected chi connectivity index (χ3v) is 5.79. The number of pyridine rings is 1. The molecule has 2 aromatic rings. The highest BCUT2D eigenvalue weighted by atomic mass is 79.9. The molecule has 28 heavy (non-hydrogen) atoms. The lowest BCUT2D eigenvalue weighted by Crippen LogP contribution is -2.44. The summed E-state index contributed by atoms with van der Waals surface area (Å²) in [6, 6.07) is 9.59. The van der Waals surface area contributed by atoms with Crippen LogP contribution >= 0.6 is 27.7 Å². The van der Waals surface area contributed by atoms with Crippen molar-refractivity contribution in [2.24, 2.45) is 0 Å². The highest BCUT2D eigenvalue weighted by molar-refractivity contribution is 9.10. The lowest BCUT2D eigenvalue weighted by molar-refractivity contribution is -0.121. The van der Waals surface area contributed by atoms with Crippen molar-refractivity contribution in [1.82, 2.24) is 15.6 Å². The summed E-state index contributed by atoms with van der Waals surface area (Å²) >= 11 is 5.09. The van der Waals surface area contributed by atoms with Gasteiger partial charge >= 0.3 is 6.03 Å². The number of nitrogens with zero attached hydrogens (tertiary/aromatic N) is 2. The summed E-state index contributed by atoms with van der Waals surface area (Å²) in [5, 5.41) is 6.62. The standard InChI is InChI=1S/C20H23BrN4O2S/c1-13-10-14(2)24-19-18(13)25(8-9-28-19)20(27)22-7-6-17(26)23-12-15-4-3-5-16(21)11-15/h3-5,10-11H,6-9,12H2,1-2H3,(H,22,27)(H,23,26). The van der Waals surface area contributed by atoms with Crippen molar-refractivity contribution in [3.05, 3.63) is 51.6 Å². The normalized spacial score (nSPS) is 13.0. The van der Waals surface area contributed by atoms with Gasteiger partial charge in [-0.1, -0.05) is 28.1 Å². The molecular weight excluding hydrogens is 440 g/mol. The number of hydrogen-bond acceptors (Lipinski definition) is 4. The zero-order chi connectivity index (χ0) is 20.1. The van der Waals surface area contributed by atoms with E-state index in [9.17, 15) is 9.59 Å². The zero-order valence-electron chi connectivity index (χ0n) is 15.9. The Morgan fingerprint density at radius 1 is 1.25 bits per heavy atom. The molecule has 0 atom stereocenters. The number of hydrogen-bond donors (Lipinski definition) is 2. The van der Waals surface area contributed by atoms with E-state index in [-0.39, 0.29) is 18.4 Å². The van der Waals surface area contributed by atoms with Gasteiger partial charge in [-0.3, -0.25) is 9.69 Å². The van der Waals surface area contributed by atoms with E-state index >= 15 is 0 Å². The molecule has 1 aromatic carbocycles. The Hall–Kier alpha value is -2.06. The fraction of sp³-hybridized carbons (Fsp3) is 0.350. The molecule has 6 nitrogen and oxygen atoms in total. The molecule has 2 N–H and O–H groups in total. The molecule has 0 fully saturated rings. The summed E-state index contributed by atoms with van der Waals surface area (Å²) in [6.45, 7) is 5.34. The zero-order valence-corrected chi connectivity index (χ0v) is 18.3. The molecule has 3 amide bonds. The molecule has 0 saturated heterocycles. The first-order valence-electron chi connectivity index (χ1n) is 9.11. The van der Waals surface area contributed by atoms with Crippen LogP contribution in [0.1, 0.15) is 23.2 Å². The summed E-state index contributed by atoms with van der Waals surface area (Å²) in [4.78, 5) is 31.0. The van der Waals surface area contributed by atoms with Gasteiger partial charge in [0.1, 0.15) is 5.03 Å². The highest BCUT2D eigenvalue weighted by Crippen LogP contribution is 2.36. The quantitative estimate of drug-likeness (QED) is 0.708. The second-order valence-electron chi connectivity index (χ2n) is 6.62. The number of thioether (sulfide) groups is 1. The molecule has 0 spiro atoms. The molecule has 148 valence electrons. The van der Waals surface area contributed by atoms with Crippen LogP contribution in [0.3, 0.4) is 0 Å². The summed E-state index contributed by atoms with van der Waals surface area (Å²) in [6.07, 6.45) is 0.236. The first kappa shape index (κ1) is 20.7. The van der Waals surface area contributed by atoms with Crippen molar-refractivity contribution in [2.45, 2.75) is 31.8 Å². The largest absolute Gasteiger partial charge is 0.352 e. The number of nitrogens with one attached hydrogen (secondary N) is 2. The molecular formula is C20H23BrN4O2S. The van der Waals surface area contributed by atoms with Gasteiger partial charge in [0.05, 0.1) is 5.69 Å². The third-order valence-electron chi connectivity index (χ3n) is 4.36. The topological polar surface area (TPSA) is 74.3 Å². The number of fused-ring (bicyclic) bond motifs is 1. The van der Waals surface area contributed by atoms with Crippen LogP contribution in [0.15, 0.2) is 39.8 Å². The maximum Gasteiger partial charge on any atom is 0.322 e. The monoisotopic (exact) mass is 462 g/mol. The molecule has 1 aliphatic rings. The van der Waals surface area contributed by atoms with E-state index in [1.165, 1.54) is 0 Å². The second-order valence-corrected chi connectivity index (χ2v) is 8.62. The van der Waals surface area contributed by atoms with Crippen LogP contribution in [-0.4, -0.2) is 35.8 Å². The fourth-order valence-electron chi connectivity index (χ4n) is 3.09. The van der Waals surface area contributed by atoms with Gasteiger partial charge in [0.2, 0.25) is 5.91 Å². The van der Waals surface area contributed by atoms with Gasteiger partial charge < -0.3 is 10.6 Å². The number of benzene rings is 1. The van der Waals surface area contributed by atoms with Crippen molar-refractivity contribution >= 4 is 45.3 Å². The van der Waals surface area contributed by atoms with Crippen molar-refractivity contribution in [3.8, 4) is 0 Å².